The van der Waals surface area contributed by atoms with Gasteiger partial charge in [0, 0.05) is 25.3 Å². The number of halogens is 1. The number of nitrogens with one attached hydrogen (secondary N) is 2. The molecular formula is C18H27FN4O3. The first-order chi connectivity index (χ1) is 12.2. The summed E-state index contributed by atoms with van der Waals surface area (Å²) in [6, 6.07) is 3.68. The first-order valence-corrected chi connectivity index (χ1v) is 8.63. The van der Waals surface area contributed by atoms with E-state index in [0.717, 1.165) is 0 Å². The van der Waals surface area contributed by atoms with Crippen molar-refractivity contribution in [1.29, 1.82) is 0 Å². The summed E-state index contributed by atoms with van der Waals surface area (Å²) in [7, 11) is 0. The summed E-state index contributed by atoms with van der Waals surface area (Å²) in [4.78, 5) is 25.5. The highest BCUT2D eigenvalue weighted by Crippen LogP contribution is 2.24. The molecule has 1 fully saturated rings. The van der Waals surface area contributed by atoms with Crippen LogP contribution in [0.1, 0.15) is 20.8 Å². The Kier molecular flexibility index (Phi) is 6.69. The summed E-state index contributed by atoms with van der Waals surface area (Å²) < 4.78 is 19.5. The molecule has 0 saturated carbocycles. The quantitative estimate of drug-likeness (QED) is 0.700. The van der Waals surface area contributed by atoms with E-state index in [1.165, 1.54) is 17.0 Å². The molecule has 1 heterocycles. The van der Waals surface area contributed by atoms with Crippen LogP contribution in [0, 0.1) is 11.2 Å². The van der Waals surface area contributed by atoms with Gasteiger partial charge in [0.1, 0.15) is 12.4 Å². The lowest BCUT2D eigenvalue weighted by atomic mass is 9.96. The lowest BCUT2D eigenvalue weighted by Crippen LogP contribution is -2.48. The van der Waals surface area contributed by atoms with Gasteiger partial charge in [-0.15, -0.1) is 0 Å². The second-order valence-corrected chi connectivity index (χ2v) is 7.48. The highest BCUT2D eigenvalue weighted by molar-refractivity contribution is 5.97. The number of carbonyl (C=O) groups is 2. The Morgan fingerprint density at radius 2 is 2.15 bits per heavy atom. The number of benzene rings is 1. The smallest absolute Gasteiger partial charge is 0.253 e. The number of ether oxygens (including phenoxy) is 1. The lowest BCUT2D eigenvalue weighted by molar-refractivity contribution is -0.125. The summed E-state index contributed by atoms with van der Waals surface area (Å²) in [5.41, 5.74) is 6.17. The molecule has 1 aromatic carbocycles. The molecule has 26 heavy (non-hydrogen) atoms. The SMILES string of the molecule is CC(C)(C)CN[C@@H](CN)C(=O)Nc1ccc(N2CCOCC2=O)c(F)c1. The average molecular weight is 366 g/mol. The first kappa shape index (κ1) is 20.3. The Morgan fingerprint density at radius 3 is 2.73 bits per heavy atom. The van der Waals surface area contributed by atoms with Crippen LogP contribution in [0.2, 0.25) is 0 Å². The van der Waals surface area contributed by atoms with Crippen LogP contribution in [0.3, 0.4) is 0 Å². The topological polar surface area (TPSA) is 96.7 Å². The minimum absolute atomic E-state index is 0.00610. The van der Waals surface area contributed by atoms with E-state index < -0.39 is 11.9 Å². The maximum absolute atomic E-state index is 14.4. The Balaban J connectivity index is 2.04. The van der Waals surface area contributed by atoms with Gasteiger partial charge in [-0.05, 0) is 23.6 Å². The largest absolute Gasteiger partial charge is 0.370 e. The van der Waals surface area contributed by atoms with Crippen molar-refractivity contribution in [2.75, 3.05) is 43.1 Å². The van der Waals surface area contributed by atoms with E-state index in [9.17, 15) is 14.0 Å². The summed E-state index contributed by atoms with van der Waals surface area (Å²) in [6.45, 7) is 7.50. The van der Waals surface area contributed by atoms with Crippen LogP contribution in [-0.2, 0) is 14.3 Å². The van der Waals surface area contributed by atoms with Crippen molar-refractivity contribution in [2.45, 2.75) is 26.8 Å². The Morgan fingerprint density at radius 1 is 1.42 bits per heavy atom. The Hall–Kier alpha value is -2.03. The van der Waals surface area contributed by atoms with Crippen LogP contribution < -0.4 is 21.3 Å². The van der Waals surface area contributed by atoms with E-state index in [0.29, 0.717) is 25.4 Å². The fourth-order valence-electron chi connectivity index (χ4n) is 2.52. The lowest BCUT2D eigenvalue weighted by Gasteiger charge is -2.27. The van der Waals surface area contributed by atoms with Crippen LogP contribution in [0.25, 0.3) is 0 Å². The van der Waals surface area contributed by atoms with Gasteiger partial charge in [-0.25, -0.2) is 4.39 Å². The van der Waals surface area contributed by atoms with Crippen LogP contribution in [-0.4, -0.2) is 50.7 Å². The third-order valence-electron chi connectivity index (χ3n) is 3.92. The summed E-state index contributed by atoms with van der Waals surface area (Å²) >= 11 is 0. The molecule has 4 N–H and O–H groups in total. The molecule has 8 heteroatoms. The summed E-state index contributed by atoms with van der Waals surface area (Å²) in [5.74, 6) is -1.20. The zero-order chi connectivity index (χ0) is 19.3. The second kappa shape index (κ2) is 8.57. The maximum atomic E-state index is 14.4. The molecule has 0 radical (unpaired) electrons. The summed E-state index contributed by atoms with van der Waals surface area (Å²) in [6.07, 6.45) is 0. The minimum atomic E-state index is -0.579. The molecule has 0 aromatic heterocycles. The molecule has 144 valence electrons. The molecule has 0 aliphatic carbocycles. The highest BCUT2D eigenvalue weighted by atomic mass is 19.1. The van der Waals surface area contributed by atoms with Crippen molar-refractivity contribution in [2.24, 2.45) is 11.1 Å². The van der Waals surface area contributed by atoms with E-state index in [-0.39, 0.29) is 36.1 Å². The molecular weight excluding hydrogens is 339 g/mol. The number of rotatable bonds is 6. The van der Waals surface area contributed by atoms with Crippen molar-refractivity contribution in [3.05, 3.63) is 24.0 Å². The maximum Gasteiger partial charge on any atom is 0.253 e. The molecule has 1 aliphatic heterocycles. The van der Waals surface area contributed by atoms with Gasteiger partial charge in [0.25, 0.3) is 5.91 Å². The number of carbonyl (C=O) groups excluding carboxylic acids is 2. The Bertz CT molecular complexity index is 660. The standard InChI is InChI=1S/C18H27FN4O3/c1-18(2,3)11-21-14(9-20)17(25)22-12-4-5-15(13(19)8-12)23-6-7-26-10-16(23)24/h4-5,8,14,21H,6-7,9-11,20H2,1-3H3,(H,22,25)/t14-/m0/s1. The monoisotopic (exact) mass is 366 g/mol. The van der Waals surface area contributed by atoms with E-state index >= 15 is 0 Å². The van der Waals surface area contributed by atoms with Gasteiger partial charge in [-0.3, -0.25) is 9.59 Å². The molecule has 2 amide bonds. The molecule has 1 aromatic rings. The Labute approximate surface area is 153 Å². The highest BCUT2D eigenvalue weighted by Gasteiger charge is 2.24. The third kappa shape index (κ3) is 5.48. The van der Waals surface area contributed by atoms with Crippen LogP contribution in [0.4, 0.5) is 15.8 Å². The zero-order valence-electron chi connectivity index (χ0n) is 15.5. The predicted molar refractivity (Wildman–Crippen MR) is 98.5 cm³/mol. The number of amides is 2. The average Bonchev–Trinajstić information content (AvgIpc) is 2.55. The van der Waals surface area contributed by atoms with Gasteiger partial charge in [-0.1, -0.05) is 20.8 Å². The number of hydrogen-bond acceptors (Lipinski definition) is 5. The van der Waals surface area contributed by atoms with Gasteiger partial charge >= 0.3 is 0 Å². The van der Waals surface area contributed by atoms with Crippen LogP contribution in [0.15, 0.2) is 18.2 Å². The van der Waals surface area contributed by atoms with Crippen molar-refractivity contribution in [1.82, 2.24) is 5.32 Å². The zero-order valence-corrected chi connectivity index (χ0v) is 15.5. The van der Waals surface area contributed by atoms with Crippen molar-refractivity contribution in [3.8, 4) is 0 Å². The van der Waals surface area contributed by atoms with E-state index in [1.807, 2.05) is 20.8 Å². The number of hydrogen-bond donors (Lipinski definition) is 3. The molecule has 1 atom stereocenters. The van der Waals surface area contributed by atoms with Crippen LogP contribution >= 0.6 is 0 Å². The van der Waals surface area contributed by atoms with Gasteiger partial charge in [0.2, 0.25) is 5.91 Å². The molecule has 0 spiro atoms. The molecule has 2 rings (SSSR count). The fourth-order valence-corrected chi connectivity index (χ4v) is 2.52. The van der Waals surface area contributed by atoms with E-state index in [4.69, 9.17) is 10.5 Å². The molecule has 0 unspecified atom stereocenters. The second-order valence-electron chi connectivity index (χ2n) is 7.48. The number of morpholine rings is 1. The number of nitrogens with zero attached hydrogens (tertiary/aromatic N) is 1. The van der Waals surface area contributed by atoms with Gasteiger partial charge in [0.15, 0.2) is 0 Å². The summed E-state index contributed by atoms with van der Waals surface area (Å²) in [5, 5.41) is 5.78. The van der Waals surface area contributed by atoms with Crippen LogP contribution in [0.5, 0.6) is 0 Å². The third-order valence-corrected chi connectivity index (χ3v) is 3.92. The molecule has 1 aliphatic rings. The van der Waals surface area contributed by atoms with Gasteiger partial charge < -0.3 is 26.0 Å². The van der Waals surface area contributed by atoms with E-state index in [1.54, 1.807) is 6.07 Å². The fraction of sp³-hybridized carbons (Fsp3) is 0.556. The van der Waals surface area contributed by atoms with Gasteiger partial charge in [0.05, 0.1) is 18.3 Å². The van der Waals surface area contributed by atoms with Crippen molar-refractivity contribution >= 4 is 23.2 Å². The van der Waals surface area contributed by atoms with E-state index in [2.05, 4.69) is 10.6 Å². The van der Waals surface area contributed by atoms with Crippen molar-refractivity contribution < 1.29 is 18.7 Å². The first-order valence-electron chi connectivity index (χ1n) is 8.63. The normalized spacial score (nSPS) is 16.5. The molecule has 7 nitrogen and oxygen atoms in total. The van der Waals surface area contributed by atoms with Crippen molar-refractivity contribution in [3.63, 3.8) is 0 Å². The number of anilines is 2. The molecule has 0 bridgehead atoms. The predicted octanol–water partition coefficient (Wildman–Crippen LogP) is 1.09. The minimum Gasteiger partial charge on any atom is -0.370 e. The number of nitrogens with two attached hydrogens (primary N) is 1. The molecule has 1 saturated heterocycles. The van der Waals surface area contributed by atoms with Gasteiger partial charge in [-0.2, -0.15) is 0 Å².